The summed E-state index contributed by atoms with van der Waals surface area (Å²) in [4.78, 5) is 36.4. The quantitative estimate of drug-likeness (QED) is 0.897. The zero-order chi connectivity index (χ0) is 14.8. The molecular formula is C15H16N4O2. The van der Waals surface area contributed by atoms with Crippen molar-refractivity contribution in [3.8, 4) is 11.3 Å². The Morgan fingerprint density at radius 3 is 3.00 bits per heavy atom. The predicted molar refractivity (Wildman–Crippen MR) is 77.7 cm³/mol. The number of pyridine rings is 1. The van der Waals surface area contributed by atoms with Crippen LogP contribution < -0.4 is 5.56 Å². The molecule has 0 unspecified atom stereocenters. The second-order valence-electron chi connectivity index (χ2n) is 5.21. The van der Waals surface area contributed by atoms with Crippen LogP contribution in [-0.2, 0) is 4.79 Å². The summed E-state index contributed by atoms with van der Waals surface area (Å²) in [6, 6.07) is 5.15. The maximum absolute atomic E-state index is 11.9. The highest BCUT2D eigenvalue weighted by atomic mass is 16.2. The lowest BCUT2D eigenvalue weighted by atomic mass is 10.1. The van der Waals surface area contributed by atoms with Gasteiger partial charge in [0.25, 0.3) is 5.56 Å². The van der Waals surface area contributed by atoms with Gasteiger partial charge < -0.3 is 9.88 Å². The number of hydrogen-bond acceptors (Lipinski definition) is 4. The Labute approximate surface area is 121 Å². The largest absolute Gasteiger partial charge is 0.342 e. The Kier molecular flexibility index (Phi) is 3.51. The van der Waals surface area contributed by atoms with Crippen LogP contribution in [0.1, 0.15) is 25.1 Å². The summed E-state index contributed by atoms with van der Waals surface area (Å²) in [6.45, 7) is 2.88. The summed E-state index contributed by atoms with van der Waals surface area (Å²) in [5.74, 6) is 0.784. The number of aromatic amines is 1. The van der Waals surface area contributed by atoms with Gasteiger partial charge in [-0.15, -0.1) is 0 Å². The average molecular weight is 284 g/mol. The van der Waals surface area contributed by atoms with E-state index in [2.05, 4.69) is 15.0 Å². The molecule has 2 aromatic rings. The minimum absolute atomic E-state index is 0.0586. The highest BCUT2D eigenvalue weighted by Crippen LogP contribution is 2.25. The molecule has 0 aliphatic carbocycles. The van der Waals surface area contributed by atoms with Crippen molar-refractivity contribution in [1.29, 1.82) is 0 Å². The minimum Gasteiger partial charge on any atom is -0.342 e. The van der Waals surface area contributed by atoms with Crippen molar-refractivity contribution in [3.63, 3.8) is 0 Å². The molecule has 3 heterocycles. The van der Waals surface area contributed by atoms with Gasteiger partial charge >= 0.3 is 0 Å². The number of nitrogens with one attached hydrogen (secondary N) is 1. The first-order valence-electron chi connectivity index (χ1n) is 6.90. The number of rotatable bonds is 2. The molecule has 6 heteroatoms. The van der Waals surface area contributed by atoms with E-state index in [0.717, 1.165) is 12.0 Å². The van der Waals surface area contributed by atoms with Crippen LogP contribution >= 0.6 is 0 Å². The van der Waals surface area contributed by atoms with E-state index < -0.39 is 0 Å². The van der Waals surface area contributed by atoms with Crippen LogP contribution in [0.15, 0.2) is 35.4 Å². The second kappa shape index (κ2) is 5.47. The molecule has 1 aliphatic rings. The lowest BCUT2D eigenvalue weighted by Gasteiger charge is -2.13. The van der Waals surface area contributed by atoms with Gasteiger partial charge in [0.1, 0.15) is 5.82 Å². The molecule has 6 nitrogen and oxygen atoms in total. The van der Waals surface area contributed by atoms with Gasteiger partial charge in [-0.1, -0.05) is 0 Å². The first kappa shape index (κ1) is 13.5. The predicted octanol–water partition coefficient (Wildman–Crippen LogP) is 1.17. The van der Waals surface area contributed by atoms with Crippen LogP contribution in [0.25, 0.3) is 11.3 Å². The van der Waals surface area contributed by atoms with Crippen LogP contribution in [0.3, 0.4) is 0 Å². The van der Waals surface area contributed by atoms with Crippen molar-refractivity contribution in [2.45, 2.75) is 19.3 Å². The Morgan fingerprint density at radius 1 is 1.48 bits per heavy atom. The van der Waals surface area contributed by atoms with E-state index in [1.54, 1.807) is 24.2 Å². The molecule has 1 atom stereocenters. The van der Waals surface area contributed by atoms with Crippen molar-refractivity contribution >= 4 is 5.91 Å². The van der Waals surface area contributed by atoms with Crippen LogP contribution in [0.2, 0.25) is 0 Å². The van der Waals surface area contributed by atoms with Gasteiger partial charge in [0, 0.05) is 50.0 Å². The highest BCUT2D eigenvalue weighted by Gasteiger charge is 2.27. The third-order valence-corrected chi connectivity index (χ3v) is 3.74. The molecule has 0 spiro atoms. The summed E-state index contributed by atoms with van der Waals surface area (Å²) in [6.07, 6.45) is 4.18. The van der Waals surface area contributed by atoms with Crippen LogP contribution in [0.4, 0.5) is 0 Å². The van der Waals surface area contributed by atoms with Crippen molar-refractivity contribution in [1.82, 2.24) is 19.9 Å². The SMILES string of the molecule is CC(=O)N1CC[C@@H](c2nc(-c3cccnc3)cc(=O)[nH]2)C1. The smallest absolute Gasteiger partial charge is 0.251 e. The van der Waals surface area contributed by atoms with Crippen LogP contribution in [-0.4, -0.2) is 38.8 Å². The number of likely N-dealkylation sites (tertiary alicyclic amines) is 1. The van der Waals surface area contributed by atoms with Gasteiger partial charge in [-0.05, 0) is 18.6 Å². The van der Waals surface area contributed by atoms with Crippen LogP contribution in [0.5, 0.6) is 0 Å². The van der Waals surface area contributed by atoms with Gasteiger partial charge in [0.05, 0.1) is 5.69 Å². The lowest BCUT2D eigenvalue weighted by Crippen LogP contribution is -2.26. The number of amides is 1. The van der Waals surface area contributed by atoms with Gasteiger partial charge in [0.2, 0.25) is 5.91 Å². The highest BCUT2D eigenvalue weighted by molar-refractivity contribution is 5.73. The summed E-state index contributed by atoms with van der Waals surface area (Å²) >= 11 is 0. The molecule has 2 aromatic heterocycles. The number of nitrogens with zero attached hydrogens (tertiary/aromatic N) is 3. The topological polar surface area (TPSA) is 79.0 Å². The molecule has 0 bridgehead atoms. The van der Waals surface area contributed by atoms with Crippen molar-refractivity contribution in [2.24, 2.45) is 0 Å². The van der Waals surface area contributed by atoms with E-state index in [1.807, 2.05) is 12.1 Å². The van der Waals surface area contributed by atoms with Crippen molar-refractivity contribution < 1.29 is 4.79 Å². The van der Waals surface area contributed by atoms with E-state index in [9.17, 15) is 9.59 Å². The minimum atomic E-state index is -0.180. The normalized spacial score (nSPS) is 18.0. The van der Waals surface area contributed by atoms with E-state index >= 15 is 0 Å². The van der Waals surface area contributed by atoms with Crippen molar-refractivity contribution in [2.75, 3.05) is 13.1 Å². The van der Waals surface area contributed by atoms with Crippen LogP contribution in [0, 0.1) is 0 Å². The molecule has 0 radical (unpaired) electrons. The molecule has 0 aromatic carbocycles. The van der Waals surface area contributed by atoms with Gasteiger partial charge in [-0.2, -0.15) is 0 Å². The third-order valence-electron chi connectivity index (χ3n) is 3.74. The molecule has 0 saturated carbocycles. The Hall–Kier alpha value is -2.50. The zero-order valence-corrected chi connectivity index (χ0v) is 11.7. The molecule has 3 rings (SSSR count). The summed E-state index contributed by atoms with van der Waals surface area (Å²) in [5.41, 5.74) is 1.24. The monoisotopic (exact) mass is 284 g/mol. The first-order chi connectivity index (χ1) is 10.1. The number of carbonyl (C=O) groups is 1. The lowest BCUT2D eigenvalue weighted by molar-refractivity contribution is -0.127. The Balaban J connectivity index is 1.92. The van der Waals surface area contributed by atoms with Gasteiger partial charge in [-0.25, -0.2) is 4.98 Å². The maximum Gasteiger partial charge on any atom is 0.251 e. The standard InChI is InChI=1S/C15H16N4O2/c1-10(20)19-6-4-12(9-19)15-17-13(7-14(21)18-15)11-3-2-5-16-8-11/h2-3,5,7-8,12H,4,6,9H2,1H3,(H,17,18,21)/t12-/m1/s1. The summed E-state index contributed by atoms with van der Waals surface area (Å²) < 4.78 is 0. The number of carbonyl (C=O) groups excluding carboxylic acids is 1. The van der Waals surface area contributed by atoms with E-state index in [4.69, 9.17) is 0 Å². The fourth-order valence-electron chi connectivity index (χ4n) is 2.60. The molecule has 1 N–H and O–H groups in total. The van der Waals surface area contributed by atoms with E-state index in [1.165, 1.54) is 6.07 Å². The number of aromatic nitrogens is 3. The maximum atomic E-state index is 11.9. The number of H-pyrrole nitrogens is 1. The summed E-state index contributed by atoms with van der Waals surface area (Å²) in [5, 5.41) is 0. The molecule has 1 fully saturated rings. The van der Waals surface area contributed by atoms with E-state index in [-0.39, 0.29) is 17.4 Å². The number of hydrogen-bond donors (Lipinski definition) is 1. The zero-order valence-electron chi connectivity index (χ0n) is 11.7. The molecule has 21 heavy (non-hydrogen) atoms. The molecule has 1 aliphatic heterocycles. The Bertz CT molecular complexity index is 711. The fraction of sp³-hybridized carbons (Fsp3) is 0.333. The van der Waals surface area contributed by atoms with E-state index in [0.29, 0.717) is 24.6 Å². The van der Waals surface area contributed by atoms with Crippen molar-refractivity contribution in [3.05, 3.63) is 46.8 Å². The molecule has 1 amide bonds. The van der Waals surface area contributed by atoms with Gasteiger partial charge in [0.15, 0.2) is 0 Å². The average Bonchev–Trinajstić information content (AvgIpc) is 2.98. The Morgan fingerprint density at radius 2 is 2.33 bits per heavy atom. The molecule has 108 valence electrons. The summed E-state index contributed by atoms with van der Waals surface area (Å²) in [7, 11) is 0. The van der Waals surface area contributed by atoms with Gasteiger partial charge in [-0.3, -0.25) is 14.6 Å². The molecular weight excluding hydrogens is 268 g/mol. The fourth-order valence-corrected chi connectivity index (χ4v) is 2.60. The first-order valence-corrected chi connectivity index (χ1v) is 6.90. The molecule has 1 saturated heterocycles. The third kappa shape index (κ3) is 2.84. The second-order valence-corrected chi connectivity index (χ2v) is 5.21.